The number of amides is 1. The molecule has 1 aromatic carbocycles. The standard InChI is InChI=1S/C18H26N2O/c1-13-8-9-16(15(11-13)7-6-10-19)17(21)20-12-14(2)18(3,4)5/h8-9,11,14H,10,12,19H2,1-5H3,(H,20,21). The van der Waals surface area contributed by atoms with Gasteiger partial charge in [-0.25, -0.2) is 0 Å². The summed E-state index contributed by atoms with van der Waals surface area (Å²) in [5, 5.41) is 3.00. The van der Waals surface area contributed by atoms with Crippen molar-refractivity contribution in [3.05, 3.63) is 34.9 Å². The Morgan fingerprint density at radius 1 is 1.38 bits per heavy atom. The van der Waals surface area contributed by atoms with E-state index in [9.17, 15) is 4.79 Å². The van der Waals surface area contributed by atoms with E-state index in [1.165, 1.54) is 0 Å². The molecule has 0 spiro atoms. The van der Waals surface area contributed by atoms with Gasteiger partial charge in [-0.3, -0.25) is 4.79 Å². The molecule has 0 aliphatic carbocycles. The van der Waals surface area contributed by atoms with Gasteiger partial charge in [-0.2, -0.15) is 0 Å². The van der Waals surface area contributed by atoms with Gasteiger partial charge in [-0.15, -0.1) is 0 Å². The Balaban J connectivity index is 2.88. The summed E-state index contributed by atoms with van der Waals surface area (Å²) in [6.07, 6.45) is 0. The van der Waals surface area contributed by atoms with E-state index in [4.69, 9.17) is 5.73 Å². The molecule has 3 heteroatoms. The molecule has 1 unspecified atom stereocenters. The van der Waals surface area contributed by atoms with Crippen LogP contribution >= 0.6 is 0 Å². The minimum atomic E-state index is -0.0765. The molecular formula is C18H26N2O. The second-order valence-electron chi connectivity index (χ2n) is 6.53. The Bertz CT molecular complexity index is 559. The van der Waals surface area contributed by atoms with Gasteiger partial charge in [-0.05, 0) is 36.0 Å². The Morgan fingerprint density at radius 2 is 2.05 bits per heavy atom. The van der Waals surface area contributed by atoms with Gasteiger partial charge in [0.2, 0.25) is 0 Å². The highest BCUT2D eigenvalue weighted by molar-refractivity contribution is 5.96. The fourth-order valence-corrected chi connectivity index (χ4v) is 1.75. The lowest BCUT2D eigenvalue weighted by Gasteiger charge is -2.27. The first-order chi connectivity index (χ1) is 9.75. The highest BCUT2D eigenvalue weighted by Gasteiger charge is 2.21. The van der Waals surface area contributed by atoms with Crippen molar-refractivity contribution < 1.29 is 4.79 Å². The van der Waals surface area contributed by atoms with E-state index in [1.54, 1.807) is 0 Å². The quantitative estimate of drug-likeness (QED) is 0.839. The van der Waals surface area contributed by atoms with Gasteiger partial charge in [0.25, 0.3) is 5.91 Å². The van der Waals surface area contributed by atoms with Crippen LogP contribution in [0.15, 0.2) is 18.2 Å². The van der Waals surface area contributed by atoms with E-state index in [1.807, 2.05) is 25.1 Å². The van der Waals surface area contributed by atoms with E-state index in [0.29, 0.717) is 18.0 Å². The van der Waals surface area contributed by atoms with Crippen molar-refractivity contribution >= 4 is 5.91 Å². The molecule has 0 saturated heterocycles. The van der Waals surface area contributed by atoms with E-state index in [2.05, 4.69) is 44.9 Å². The fourth-order valence-electron chi connectivity index (χ4n) is 1.75. The van der Waals surface area contributed by atoms with Crippen LogP contribution in [0.1, 0.15) is 49.2 Å². The maximum Gasteiger partial charge on any atom is 0.252 e. The highest BCUT2D eigenvalue weighted by Crippen LogP contribution is 2.24. The molecule has 1 atom stereocenters. The molecule has 1 rings (SSSR count). The summed E-state index contributed by atoms with van der Waals surface area (Å²) in [6.45, 7) is 11.6. The Hall–Kier alpha value is -1.79. The van der Waals surface area contributed by atoms with Crippen molar-refractivity contribution in [2.45, 2.75) is 34.6 Å². The summed E-state index contributed by atoms with van der Waals surface area (Å²) in [7, 11) is 0. The van der Waals surface area contributed by atoms with Crippen LogP contribution in [0.25, 0.3) is 0 Å². The molecule has 21 heavy (non-hydrogen) atoms. The molecule has 3 nitrogen and oxygen atoms in total. The molecular weight excluding hydrogens is 260 g/mol. The van der Waals surface area contributed by atoms with Crippen LogP contribution in [0.3, 0.4) is 0 Å². The number of benzene rings is 1. The lowest BCUT2D eigenvalue weighted by Crippen LogP contribution is -2.34. The van der Waals surface area contributed by atoms with Crippen LogP contribution in [0, 0.1) is 30.1 Å². The first kappa shape index (κ1) is 17.3. The molecule has 0 saturated carbocycles. The SMILES string of the molecule is Cc1ccc(C(=O)NCC(C)C(C)(C)C)c(C#CCN)c1. The minimum absolute atomic E-state index is 0.0765. The van der Waals surface area contributed by atoms with Gasteiger partial charge in [0.15, 0.2) is 0 Å². The van der Waals surface area contributed by atoms with Crippen molar-refractivity contribution in [1.29, 1.82) is 0 Å². The Labute approximate surface area is 128 Å². The van der Waals surface area contributed by atoms with Gasteiger partial charge < -0.3 is 11.1 Å². The second kappa shape index (κ2) is 7.28. The van der Waals surface area contributed by atoms with Crippen LogP contribution in [-0.2, 0) is 0 Å². The van der Waals surface area contributed by atoms with Crippen LogP contribution in [0.5, 0.6) is 0 Å². The third kappa shape index (κ3) is 5.24. The van der Waals surface area contributed by atoms with Crippen LogP contribution in [0.2, 0.25) is 0 Å². The maximum absolute atomic E-state index is 12.4. The van der Waals surface area contributed by atoms with E-state index in [0.717, 1.165) is 11.1 Å². The van der Waals surface area contributed by atoms with Gasteiger partial charge in [-0.1, -0.05) is 45.6 Å². The highest BCUT2D eigenvalue weighted by atomic mass is 16.1. The molecule has 0 fully saturated rings. The predicted molar refractivity (Wildman–Crippen MR) is 88.1 cm³/mol. The molecule has 0 aliphatic heterocycles. The summed E-state index contributed by atoms with van der Waals surface area (Å²) in [5.41, 5.74) is 8.01. The predicted octanol–water partition coefficient (Wildman–Crippen LogP) is 2.72. The molecule has 0 aliphatic rings. The maximum atomic E-state index is 12.4. The largest absolute Gasteiger partial charge is 0.352 e. The first-order valence-corrected chi connectivity index (χ1v) is 7.33. The van der Waals surface area contributed by atoms with E-state index in [-0.39, 0.29) is 17.9 Å². The van der Waals surface area contributed by atoms with Crippen LogP contribution in [0.4, 0.5) is 0 Å². The number of hydrogen-bond acceptors (Lipinski definition) is 2. The van der Waals surface area contributed by atoms with E-state index >= 15 is 0 Å². The number of carbonyl (C=O) groups excluding carboxylic acids is 1. The third-order valence-corrected chi connectivity index (χ3v) is 3.79. The number of carbonyl (C=O) groups is 1. The smallest absolute Gasteiger partial charge is 0.252 e. The number of aryl methyl sites for hydroxylation is 1. The molecule has 0 heterocycles. The molecule has 1 amide bonds. The summed E-state index contributed by atoms with van der Waals surface area (Å²) in [5.74, 6) is 6.11. The minimum Gasteiger partial charge on any atom is -0.352 e. The van der Waals surface area contributed by atoms with E-state index < -0.39 is 0 Å². The summed E-state index contributed by atoms with van der Waals surface area (Å²) in [6, 6.07) is 5.67. The van der Waals surface area contributed by atoms with Crippen molar-refractivity contribution in [3.63, 3.8) is 0 Å². The third-order valence-electron chi connectivity index (χ3n) is 3.79. The Morgan fingerprint density at radius 3 is 2.62 bits per heavy atom. The van der Waals surface area contributed by atoms with Crippen molar-refractivity contribution in [1.82, 2.24) is 5.32 Å². The lowest BCUT2D eigenvalue weighted by molar-refractivity contribution is 0.0937. The molecule has 0 aromatic heterocycles. The van der Waals surface area contributed by atoms with Crippen molar-refractivity contribution in [2.24, 2.45) is 17.1 Å². The normalized spacial score (nSPS) is 12.3. The molecule has 0 radical (unpaired) electrons. The lowest BCUT2D eigenvalue weighted by atomic mass is 9.82. The number of rotatable bonds is 3. The number of nitrogens with one attached hydrogen (secondary N) is 1. The summed E-state index contributed by atoms with van der Waals surface area (Å²) in [4.78, 5) is 12.4. The molecule has 114 valence electrons. The molecule has 0 bridgehead atoms. The second-order valence-corrected chi connectivity index (χ2v) is 6.53. The van der Waals surface area contributed by atoms with Gasteiger partial charge in [0.05, 0.1) is 12.1 Å². The number of hydrogen-bond donors (Lipinski definition) is 2. The van der Waals surface area contributed by atoms with Gasteiger partial charge in [0, 0.05) is 12.1 Å². The zero-order valence-electron chi connectivity index (χ0n) is 13.7. The summed E-state index contributed by atoms with van der Waals surface area (Å²) < 4.78 is 0. The topological polar surface area (TPSA) is 55.1 Å². The average molecular weight is 286 g/mol. The molecule has 1 aromatic rings. The Kier molecular flexibility index (Phi) is 5.99. The zero-order chi connectivity index (χ0) is 16.0. The fraction of sp³-hybridized carbons (Fsp3) is 0.500. The zero-order valence-corrected chi connectivity index (χ0v) is 13.7. The first-order valence-electron chi connectivity index (χ1n) is 7.33. The van der Waals surface area contributed by atoms with Gasteiger partial charge >= 0.3 is 0 Å². The van der Waals surface area contributed by atoms with Crippen molar-refractivity contribution in [2.75, 3.05) is 13.1 Å². The monoisotopic (exact) mass is 286 g/mol. The van der Waals surface area contributed by atoms with Crippen LogP contribution in [-0.4, -0.2) is 19.0 Å². The van der Waals surface area contributed by atoms with Gasteiger partial charge in [0.1, 0.15) is 0 Å². The average Bonchev–Trinajstić information content (AvgIpc) is 2.41. The summed E-state index contributed by atoms with van der Waals surface area (Å²) >= 11 is 0. The molecule has 3 N–H and O–H groups in total. The van der Waals surface area contributed by atoms with Crippen molar-refractivity contribution in [3.8, 4) is 11.8 Å². The van der Waals surface area contributed by atoms with Crippen LogP contribution < -0.4 is 11.1 Å². The number of nitrogens with two attached hydrogens (primary N) is 1.